The number of hydrogen-bond acceptors (Lipinski definition) is 6. The first-order valence-corrected chi connectivity index (χ1v) is 10.5. The van der Waals surface area contributed by atoms with Crippen LogP contribution in [-0.4, -0.2) is 51.6 Å². The lowest BCUT2D eigenvalue weighted by Crippen LogP contribution is -2.47. The van der Waals surface area contributed by atoms with E-state index in [1.54, 1.807) is 0 Å². The van der Waals surface area contributed by atoms with Gasteiger partial charge in [0.15, 0.2) is 0 Å². The Labute approximate surface area is 161 Å². The van der Waals surface area contributed by atoms with E-state index >= 15 is 0 Å². The van der Waals surface area contributed by atoms with Crippen LogP contribution in [0.15, 0.2) is 0 Å². The van der Waals surface area contributed by atoms with Gasteiger partial charge in [-0.3, -0.25) is 9.59 Å². The minimum absolute atomic E-state index is 0.0279. The van der Waals surface area contributed by atoms with Crippen LogP contribution in [-0.2, 0) is 28.5 Å². The summed E-state index contributed by atoms with van der Waals surface area (Å²) < 4.78 is 21.9. The first kappa shape index (κ1) is 19.2. The molecular weight excluding hydrogens is 348 g/mol. The van der Waals surface area contributed by atoms with Crippen molar-refractivity contribution in [1.29, 1.82) is 0 Å². The largest absolute Gasteiger partial charge is 0.465 e. The van der Waals surface area contributed by atoms with Crippen LogP contribution in [0.5, 0.6) is 0 Å². The predicted molar refractivity (Wildman–Crippen MR) is 96.8 cm³/mol. The third-order valence-corrected chi connectivity index (χ3v) is 7.64. The second-order valence-electron chi connectivity index (χ2n) is 9.35. The molecule has 4 aliphatic rings. The molecule has 0 N–H and O–H groups in total. The Kier molecular flexibility index (Phi) is 5.23. The summed E-state index contributed by atoms with van der Waals surface area (Å²) in [5.74, 6) is 0.285. The Bertz CT molecular complexity index is 518. The lowest BCUT2D eigenvalue weighted by Gasteiger charge is -2.40. The number of carbonyl (C=O) groups excluding carboxylic acids is 2. The second kappa shape index (κ2) is 7.36. The highest BCUT2D eigenvalue weighted by Crippen LogP contribution is 2.52. The molecule has 2 heterocycles. The summed E-state index contributed by atoms with van der Waals surface area (Å²) in [6.45, 7) is 7.89. The molecule has 4 rings (SSSR count). The summed E-state index contributed by atoms with van der Waals surface area (Å²) >= 11 is 0. The van der Waals surface area contributed by atoms with Crippen molar-refractivity contribution in [2.24, 2.45) is 34.5 Å². The smallest absolute Gasteiger partial charge is 0.309 e. The van der Waals surface area contributed by atoms with E-state index in [1.807, 2.05) is 0 Å². The zero-order chi connectivity index (χ0) is 19.1. The number of carbonyl (C=O) groups is 2. The molecule has 6 heteroatoms. The fourth-order valence-electron chi connectivity index (χ4n) is 5.08. The molecule has 0 amide bonds. The molecular formula is C21H32O6. The van der Waals surface area contributed by atoms with Crippen molar-refractivity contribution >= 4 is 11.9 Å². The fourth-order valence-corrected chi connectivity index (χ4v) is 5.08. The van der Waals surface area contributed by atoms with Gasteiger partial charge in [0.2, 0.25) is 0 Å². The van der Waals surface area contributed by atoms with Crippen molar-refractivity contribution in [2.75, 3.05) is 39.6 Å². The fraction of sp³-hybridized carbons (Fsp3) is 0.905. The Morgan fingerprint density at radius 1 is 0.778 bits per heavy atom. The van der Waals surface area contributed by atoms with Crippen molar-refractivity contribution in [1.82, 2.24) is 0 Å². The average Bonchev–Trinajstić information content (AvgIpc) is 3.21. The Hall–Kier alpha value is -1.14. The highest BCUT2D eigenvalue weighted by Gasteiger charge is 2.53. The molecule has 4 atom stereocenters. The van der Waals surface area contributed by atoms with E-state index < -0.39 is 0 Å². The highest BCUT2D eigenvalue weighted by atomic mass is 16.6. The maximum absolute atomic E-state index is 12.6. The van der Waals surface area contributed by atoms with E-state index in [1.165, 1.54) is 0 Å². The van der Waals surface area contributed by atoms with Gasteiger partial charge in [-0.15, -0.1) is 0 Å². The van der Waals surface area contributed by atoms with Crippen molar-refractivity contribution < 1.29 is 28.5 Å². The first-order valence-electron chi connectivity index (χ1n) is 10.5. The van der Waals surface area contributed by atoms with Crippen LogP contribution in [0.3, 0.4) is 0 Å². The van der Waals surface area contributed by atoms with E-state index in [9.17, 15) is 9.59 Å². The van der Waals surface area contributed by atoms with Gasteiger partial charge >= 0.3 is 11.9 Å². The summed E-state index contributed by atoms with van der Waals surface area (Å²) in [6, 6.07) is 0. The van der Waals surface area contributed by atoms with Crippen molar-refractivity contribution in [3.8, 4) is 0 Å². The zero-order valence-electron chi connectivity index (χ0n) is 16.5. The van der Waals surface area contributed by atoms with Crippen LogP contribution in [0.25, 0.3) is 0 Å². The molecule has 4 unspecified atom stereocenters. The Morgan fingerprint density at radius 3 is 1.44 bits per heavy atom. The van der Waals surface area contributed by atoms with Crippen LogP contribution >= 0.6 is 0 Å². The van der Waals surface area contributed by atoms with Crippen LogP contribution in [0.1, 0.15) is 46.0 Å². The molecule has 2 saturated carbocycles. The number of fused-ring (bicyclic) bond motifs is 2. The van der Waals surface area contributed by atoms with Crippen molar-refractivity contribution in [3.63, 3.8) is 0 Å². The van der Waals surface area contributed by atoms with Crippen LogP contribution in [0.2, 0.25) is 0 Å². The van der Waals surface area contributed by atoms with Gasteiger partial charge in [-0.1, -0.05) is 13.8 Å². The predicted octanol–water partition coefficient (Wildman–Crippen LogP) is 2.59. The van der Waals surface area contributed by atoms with Gasteiger partial charge in [0.05, 0.1) is 49.1 Å². The topological polar surface area (TPSA) is 71.1 Å². The standard InChI is InChI=1S/C21H32O6/c1-3-20(8-24-9-20)12-26-18(22)16-6-15-5-14(16)7-17(15)19(23)27-13-21(4-2)10-25-11-21/h14-17H,3-13H2,1-2H3. The molecule has 0 spiro atoms. The van der Waals surface area contributed by atoms with E-state index in [-0.39, 0.29) is 46.4 Å². The van der Waals surface area contributed by atoms with Gasteiger partial charge in [-0.05, 0) is 43.9 Å². The first-order chi connectivity index (χ1) is 13.0. The number of ether oxygens (including phenoxy) is 4. The monoisotopic (exact) mass is 380 g/mol. The lowest BCUT2D eigenvalue weighted by molar-refractivity contribution is -0.179. The normalized spacial score (nSPS) is 35.2. The molecule has 0 radical (unpaired) electrons. The van der Waals surface area contributed by atoms with E-state index in [4.69, 9.17) is 18.9 Å². The summed E-state index contributed by atoms with van der Waals surface area (Å²) in [4.78, 5) is 25.1. The molecule has 2 bridgehead atoms. The number of rotatable bonds is 8. The second-order valence-corrected chi connectivity index (χ2v) is 9.35. The van der Waals surface area contributed by atoms with E-state index in [0.29, 0.717) is 39.6 Å². The molecule has 2 saturated heterocycles. The van der Waals surface area contributed by atoms with Gasteiger partial charge in [0, 0.05) is 0 Å². The van der Waals surface area contributed by atoms with Crippen LogP contribution in [0.4, 0.5) is 0 Å². The van der Waals surface area contributed by atoms with Gasteiger partial charge in [0.25, 0.3) is 0 Å². The minimum atomic E-state index is -0.0782. The Morgan fingerprint density at radius 2 is 1.19 bits per heavy atom. The summed E-state index contributed by atoms with van der Waals surface area (Å²) in [6.07, 6.45) is 4.41. The van der Waals surface area contributed by atoms with Crippen molar-refractivity contribution in [2.45, 2.75) is 46.0 Å². The molecule has 4 fully saturated rings. The summed E-state index contributed by atoms with van der Waals surface area (Å²) in [5.41, 5.74) is 0.0557. The minimum Gasteiger partial charge on any atom is -0.465 e. The lowest BCUT2D eigenvalue weighted by atomic mass is 9.81. The maximum Gasteiger partial charge on any atom is 0.309 e. The molecule has 0 aromatic heterocycles. The van der Waals surface area contributed by atoms with Gasteiger partial charge < -0.3 is 18.9 Å². The molecule has 6 nitrogen and oxygen atoms in total. The molecule has 152 valence electrons. The number of esters is 2. The Balaban J connectivity index is 1.24. The quantitative estimate of drug-likeness (QED) is 0.603. The maximum atomic E-state index is 12.6. The molecule has 27 heavy (non-hydrogen) atoms. The zero-order valence-corrected chi connectivity index (χ0v) is 16.5. The van der Waals surface area contributed by atoms with Gasteiger partial charge in [-0.2, -0.15) is 0 Å². The molecule has 0 aromatic carbocycles. The van der Waals surface area contributed by atoms with Crippen LogP contribution in [0, 0.1) is 34.5 Å². The van der Waals surface area contributed by atoms with E-state index in [0.717, 1.165) is 32.1 Å². The number of hydrogen-bond donors (Lipinski definition) is 0. The molecule has 0 aromatic rings. The average molecular weight is 380 g/mol. The highest BCUT2D eigenvalue weighted by molar-refractivity contribution is 5.77. The molecule has 2 aliphatic carbocycles. The SMILES string of the molecule is CCC1(COC(=O)C2CC3CC2CC3C(=O)OCC2(CC)COC2)COC1. The third kappa shape index (κ3) is 3.51. The van der Waals surface area contributed by atoms with Crippen LogP contribution < -0.4 is 0 Å². The van der Waals surface area contributed by atoms with E-state index in [2.05, 4.69) is 13.8 Å². The van der Waals surface area contributed by atoms with Crippen molar-refractivity contribution in [3.05, 3.63) is 0 Å². The third-order valence-electron chi connectivity index (χ3n) is 7.64. The van der Waals surface area contributed by atoms with Gasteiger partial charge in [-0.25, -0.2) is 0 Å². The van der Waals surface area contributed by atoms with Gasteiger partial charge in [0.1, 0.15) is 13.2 Å². The molecule has 2 aliphatic heterocycles. The summed E-state index contributed by atoms with van der Waals surface area (Å²) in [7, 11) is 0. The summed E-state index contributed by atoms with van der Waals surface area (Å²) in [5, 5.41) is 0.